The minimum absolute atomic E-state index is 0.118. The van der Waals surface area contributed by atoms with Gasteiger partial charge in [-0.15, -0.1) is 0 Å². The van der Waals surface area contributed by atoms with Crippen LogP contribution < -0.4 is 0 Å². The lowest BCUT2D eigenvalue weighted by Gasteiger charge is -2.01. The highest BCUT2D eigenvalue weighted by molar-refractivity contribution is 6.48. The van der Waals surface area contributed by atoms with Gasteiger partial charge >= 0.3 is 0 Å². The Morgan fingerprint density at radius 3 is 2.67 bits per heavy atom. The maximum atomic E-state index is 8.93. The van der Waals surface area contributed by atoms with E-state index in [-0.39, 0.29) is 5.92 Å². The van der Waals surface area contributed by atoms with E-state index < -0.39 is 9.04 Å². The van der Waals surface area contributed by atoms with Crippen LogP contribution in [-0.2, 0) is 0 Å². The summed E-state index contributed by atoms with van der Waals surface area (Å²) in [4.78, 5) is 8.93. The molecule has 0 rings (SSSR count). The Hall–Kier alpha value is -0.333. The molecule has 0 saturated heterocycles. The molecule has 0 aromatic carbocycles. The maximum Gasteiger partial charge on any atom is 0.169 e. The first-order valence-electron chi connectivity index (χ1n) is 3.24. The Labute approximate surface area is 57.9 Å². The average Bonchev–Trinajstić information content (AvgIpc) is 1.83. The minimum atomic E-state index is -1.39. The second kappa shape index (κ2) is 4.54. The van der Waals surface area contributed by atoms with Crippen molar-refractivity contribution in [1.82, 2.24) is 0 Å². The third-order valence-corrected chi connectivity index (χ3v) is 2.41. The van der Waals surface area contributed by atoms with Crippen molar-refractivity contribution in [3.05, 3.63) is 0 Å². The fourth-order valence-corrected chi connectivity index (χ4v) is 1.54. The molecule has 0 aromatic heterocycles. The molecule has 9 heavy (non-hydrogen) atoms. The first-order chi connectivity index (χ1) is 4.16. The first-order valence-corrected chi connectivity index (χ1v) is 5.73. The molecule has 0 aliphatic heterocycles. The molecule has 0 bridgehead atoms. The number of nitrogens with zero attached hydrogens (tertiary/aromatic N) is 1. The van der Waals surface area contributed by atoms with Crippen LogP contribution in [0.2, 0.25) is 12.6 Å². The summed E-state index contributed by atoms with van der Waals surface area (Å²) in [6.07, 6.45) is 0.861. The molecule has 0 spiro atoms. The van der Waals surface area contributed by atoms with Crippen molar-refractivity contribution in [1.29, 1.82) is 5.26 Å². The quantitative estimate of drug-likeness (QED) is 0.596. The first kappa shape index (κ1) is 8.67. The topological polar surface area (TPSA) is 44.0 Å². The van der Waals surface area contributed by atoms with Gasteiger partial charge in [0.2, 0.25) is 0 Å². The third-order valence-electron chi connectivity index (χ3n) is 1.24. The van der Waals surface area contributed by atoms with Crippen molar-refractivity contribution >= 4 is 9.04 Å². The second-order valence-corrected chi connectivity index (χ2v) is 4.73. The molecule has 0 amide bonds. The van der Waals surface area contributed by atoms with Crippen LogP contribution >= 0.6 is 0 Å². The van der Waals surface area contributed by atoms with Gasteiger partial charge in [-0.2, -0.15) is 5.26 Å². The van der Waals surface area contributed by atoms with Crippen LogP contribution in [0.5, 0.6) is 0 Å². The lowest BCUT2D eigenvalue weighted by Crippen LogP contribution is -2.06. The molecule has 0 heterocycles. The van der Waals surface area contributed by atoms with Gasteiger partial charge in [-0.05, 0) is 25.9 Å². The van der Waals surface area contributed by atoms with Gasteiger partial charge < -0.3 is 4.80 Å². The van der Waals surface area contributed by atoms with Gasteiger partial charge in [-0.25, -0.2) is 0 Å². The fraction of sp³-hybridized carbons (Fsp3) is 0.833. The summed E-state index contributed by atoms with van der Waals surface area (Å²) in [6, 6.07) is 3.00. The summed E-state index contributed by atoms with van der Waals surface area (Å²) in [5, 5.41) is 8.33. The summed E-state index contributed by atoms with van der Waals surface area (Å²) in [7, 11) is -1.39. The molecule has 52 valence electrons. The predicted octanol–water partition coefficient (Wildman–Crippen LogP) is 0.882. The predicted molar refractivity (Wildman–Crippen MR) is 39.4 cm³/mol. The number of hydrogen-bond acceptors (Lipinski definition) is 2. The van der Waals surface area contributed by atoms with E-state index in [4.69, 9.17) is 10.1 Å². The summed E-state index contributed by atoms with van der Waals surface area (Å²) >= 11 is 0. The molecule has 0 radical (unpaired) electrons. The van der Waals surface area contributed by atoms with Gasteiger partial charge in [0.05, 0.1) is 6.07 Å². The second-order valence-electron chi connectivity index (χ2n) is 2.46. The molecule has 0 fully saturated rings. The lowest BCUT2D eigenvalue weighted by atomic mass is 10.1. The maximum absolute atomic E-state index is 8.93. The van der Waals surface area contributed by atoms with Crippen LogP contribution in [0.1, 0.15) is 13.3 Å². The van der Waals surface area contributed by atoms with E-state index in [1.165, 1.54) is 0 Å². The highest BCUT2D eigenvalue weighted by Gasteiger charge is 2.02. The van der Waals surface area contributed by atoms with Crippen LogP contribution in [0.4, 0.5) is 0 Å². The third kappa shape index (κ3) is 5.54. The number of hydrogen-bond donors (Lipinski definition) is 1. The molecular weight excluding hydrogens is 130 g/mol. The Morgan fingerprint density at radius 2 is 2.33 bits per heavy atom. The largest absolute Gasteiger partial charge is 0.435 e. The Kier molecular flexibility index (Phi) is 4.37. The van der Waals surface area contributed by atoms with E-state index in [1.54, 1.807) is 0 Å². The Morgan fingerprint density at radius 1 is 1.78 bits per heavy atom. The van der Waals surface area contributed by atoms with Crippen molar-refractivity contribution in [2.75, 3.05) is 0 Å². The van der Waals surface area contributed by atoms with Crippen LogP contribution in [0.25, 0.3) is 0 Å². The van der Waals surface area contributed by atoms with Gasteiger partial charge in [0.25, 0.3) is 0 Å². The molecule has 1 N–H and O–H groups in total. The summed E-state index contributed by atoms with van der Waals surface area (Å²) in [5.74, 6) is 0.118. The van der Waals surface area contributed by atoms with Crippen molar-refractivity contribution in [2.24, 2.45) is 5.92 Å². The fourth-order valence-electron chi connectivity index (χ4n) is 0.556. The Balaban J connectivity index is 3.19. The van der Waals surface area contributed by atoms with E-state index in [0.29, 0.717) is 0 Å². The van der Waals surface area contributed by atoms with Crippen LogP contribution in [-0.4, -0.2) is 13.8 Å². The molecule has 0 aliphatic carbocycles. The van der Waals surface area contributed by atoms with E-state index in [9.17, 15) is 0 Å². The molecule has 2 nitrogen and oxygen atoms in total. The van der Waals surface area contributed by atoms with Crippen LogP contribution in [0.15, 0.2) is 0 Å². The van der Waals surface area contributed by atoms with E-state index in [2.05, 4.69) is 6.07 Å². The van der Waals surface area contributed by atoms with Gasteiger partial charge in [0, 0.05) is 5.92 Å². The molecule has 3 heteroatoms. The number of rotatable bonds is 3. The van der Waals surface area contributed by atoms with Crippen molar-refractivity contribution in [3.8, 4) is 6.07 Å². The normalized spacial score (nSPS) is 16.2. The van der Waals surface area contributed by atoms with Crippen molar-refractivity contribution < 1.29 is 4.80 Å². The molecule has 0 saturated carbocycles. The van der Waals surface area contributed by atoms with Gasteiger partial charge in [-0.3, -0.25) is 0 Å². The minimum Gasteiger partial charge on any atom is -0.435 e. The van der Waals surface area contributed by atoms with E-state index in [1.807, 2.05) is 13.5 Å². The zero-order chi connectivity index (χ0) is 7.28. The smallest absolute Gasteiger partial charge is 0.169 e. The SMILES string of the molecule is CC(C#N)CC[SiH](C)O. The van der Waals surface area contributed by atoms with E-state index in [0.717, 1.165) is 12.5 Å². The zero-order valence-corrected chi connectivity index (χ0v) is 7.12. The zero-order valence-electron chi connectivity index (χ0n) is 5.96. The lowest BCUT2D eigenvalue weighted by molar-refractivity contribution is 0.562. The Bertz CT molecular complexity index is 108. The highest BCUT2D eigenvalue weighted by Crippen LogP contribution is 2.05. The monoisotopic (exact) mass is 143 g/mol. The van der Waals surface area contributed by atoms with Gasteiger partial charge in [0.1, 0.15) is 0 Å². The summed E-state index contributed by atoms with van der Waals surface area (Å²) in [5.41, 5.74) is 0. The summed E-state index contributed by atoms with van der Waals surface area (Å²) < 4.78 is 0. The van der Waals surface area contributed by atoms with E-state index >= 15 is 0 Å². The molecule has 2 unspecified atom stereocenters. The van der Waals surface area contributed by atoms with Gasteiger partial charge in [-0.1, -0.05) is 0 Å². The number of nitriles is 1. The van der Waals surface area contributed by atoms with Crippen molar-refractivity contribution in [2.45, 2.75) is 25.9 Å². The molecule has 0 aromatic rings. The molecular formula is C6H13NOSi. The molecule has 0 aliphatic rings. The highest BCUT2D eigenvalue weighted by atomic mass is 28.3. The molecule has 2 atom stereocenters. The van der Waals surface area contributed by atoms with Crippen LogP contribution in [0, 0.1) is 17.2 Å². The summed E-state index contributed by atoms with van der Waals surface area (Å²) in [6.45, 7) is 3.76. The van der Waals surface area contributed by atoms with Crippen LogP contribution in [0.3, 0.4) is 0 Å². The standard InChI is InChI=1S/C6H13NOSi/c1-6(5-7)3-4-9(2)8/h6,8-9H,3-4H2,1-2H3. The van der Waals surface area contributed by atoms with Gasteiger partial charge in [0.15, 0.2) is 9.04 Å². The average molecular weight is 143 g/mol. The van der Waals surface area contributed by atoms with Crippen molar-refractivity contribution in [3.63, 3.8) is 0 Å².